The topological polar surface area (TPSA) is 50.3 Å². The molecule has 0 unspecified atom stereocenters. The molecule has 5 heteroatoms. The van der Waals surface area contributed by atoms with Gasteiger partial charge in [0.1, 0.15) is 6.33 Å². The van der Waals surface area contributed by atoms with Gasteiger partial charge in [0, 0.05) is 19.3 Å². The molecule has 0 amide bonds. The molecule has 0 spiro atoms. The van der Waals surface area contributed by atoms with E-state index < -0.39 is 0 Å². The molecular weight excluding hydrogens is 252 g/mol. The highest BCUT2D eigenvalue weighted by Crippen LogP contribution is 2.34. The van der Waals surface area contributed by atoms with Crippen molar-refractivity contribution >= 4 is 17.3 Å². The second kappa shape index (κ2) is 6.23. The summed E-state index contributed by atoms with van der Waals surface area (Å²) in [5.74, 6) is 2.10. The molecule has 1 heterocycles. The van der Waals surface area contributed by atoms with E-state index in [2.05, 4.69) is 46.5 Å². The number of aromatic nitrogens is 2. The molecular formula is C15H20N4O. The maximum absolute atomic E-state index is 5.47. The lowest BCUT2D eigenvalue weighted by atomic mass is 10.2. The summed E-state index contributed by atoms with van der Waals surface area (Å²) in [6, 6.07) is 8.27. The van der Waals surface area contributed by atoms with Crippen molar-refractivity contribution < 1.29 is 4.74 Å². The van der Waals surface area contributed by atoms with Crippen LogP contribution >= 0.6 is 0 Å². The van der Waals surface area contributed by atoms with Crippen LogP contribution in [0.1, 0.15) is 12.5 Å². The van der Waals surface area contributed by atoms with Crippen molar-refractivity contribution in [1.82, 2.24) is 9.97 Å². The molecule has 106 valence electrons. The summed E-state index contributed by atoms with van der Waals surface area (Å²) in [7, 11) is 3.59. The van der Waals surface area contributed by atoms with Gasteiger partial charge in [-0.25, -0.2) is 9.97 Å². The highest BCUT2D eigenvalue weighted by molar-refractivity contribution is 5.71. The van der Waals surface area contributed by atoms with Gasteiger partial charge in [-0.2, -0.15) is 0 Å². The minimum Gasteiger partial charge on any atom is -0.490 e. The fraction of sp³-hybridized carbons (Fsp3) is 0.333. The van der Waals surface area contributed by atoms with Crippen LogP contribution in [0.4, 0.5) is 17.3 Å². The van der Waals surface area contributed by atoms with Crippen LogP contribution in [0.2, 0.25) is 0 Å². The van der Waals surface area contributed by atoms with Crippen LogP contribution in [0.15, 0.2) is 30.6 Å². The number of nitrogens with zero attached hydrogens (tertiary/aromatic N) is 3. The van der Waals surface area contributed by atoms with Crippen molar-refractivity contribution in [2.45, 2.75) is 13.8 Å². The predicted molar refractivity (Wildman–Crippen MR) is 82.0 cm³/mol. The van der Waals surface area contributed by atoms with Crippen molar-refractivity contribution in [2.24, 2.45) is 0 Å². The molecule has 0 fully saturated rings. The van der Waals surface area contributed by atoms with Crippen LogP contribution in [0.5, 0.6) is 5.75 Å². The van der Waals surface area contributed by atoms with Gasteiger partial charge in [-0.05, 0) is 26.0 Å². The minimum absolute atomic E-state index is 0.650. The Labute approximate surface area is 119 Å². The van der Waals surface area contributed by atoms with Crippen LogP contribution in [0.25, 0.3) is 0 Å². The molecule has 2 aromatic rings. The Bertz CT molecular complexity index is 569. The lowest BCUT2D eigenvalue weighted by Gasteiger charge is -2.21. The SMILES string of the molecule is CCNc1ncnc(N(C)c2ccc(C)cc2)c1OC. The fourth-order valence-electron chi connectivity index (χ4n) is 1.98. The van der Waals surface area contributed by atoms with Gasteiger partial charge >= 0.3 is 0 Å². The summed E-state index contributed by atoms with van der Waals surface area (Å²) in [6.07, 6.45) is 1.54. The zero-order valence-corrected chi connectivity index (χ0v) is 12.3. The minimum atomic E-state index is 0.650. The third-order valence-corrected chi connectivity index (χ3v) is 3.07. The molecule has 1 aromatic carbocycles. The van der Waals surface area contributed by atoms with Gasteiger partial charge in [0.2, 0.25) is 5.75 Å². The van der Waals surface area contributed by atoms with E-state index in [4.69, 9.17) is 4.74 Å². The van der Waals surface area contributed by atoms with Gasteiger partial charge in [0.25, 0.3) is 0 Å². The average molecular weight is 272 g/mol. The van der Waals surface area contributed by atoms with E-state index in [1.807, 2.05) is 18.9 Å². The Kier molecular flexibility index (Phi) is 4.40. The summed E-state index contributed by atoms with van der Waals surface area (Å²) in [5, 5.41) is 3.18. The molecule has 0 aliphatic carbocycles. The molecule has 0 aliphatic heterocycles. The average Bonchev–Trinajstić information content (AvgIpc) is 2.47. The molecule has 1 N–H and O–H groups in total. The highest BCUT2D eigenvalue weighted by Gasteiger charge is 2.16. The zero-order chi connectivity index (χ0) is 14.5. The van der Waals surface area contributed by atoms with Crippen molar-refractivity contribution in [1.29, 1.82) is 0 Å². The Balaban J connectivity index is 2.40. The zero-order valence-electron chi connectivity index (χ0n) is 12.3. The molecule has 2 rings (SSSR count). The first kappa shape index (κ1) is 14.1. The first-order valence-corrected chi connectivity index (χ1v) is 6.60. The van der Waals surface area contributed by atoms with Crippen LogP contribution in [0.3, 0.4) is 0 Å². The Morgan fingerprint density at radius 2 is 1.90 bits per heavy atom. The number of hydrogen-bond donors (Lipinski definition) is 1. The van der Waals surface area contributed by atoms with E-state index >= 15 is 0 Å². The smallest absolute Gasteiger partial charge is 0.204 e. The number of nitrogens with one attached hydrogen (secondary N) is 1. The summed E-state index contributed by atoms with van der Waals surface area (Å²) in [5.41, 5.74) is 2.28. The van der Waals surface area contributed by atoms with Gasteiger partial charge in [0.05, 0.1) is 7.11 Å². The molecule has 0 radical (unpaired) electrons. The second-order valence-corrected chi connectivity index (χ2v) is 4.50. The lowest BCUT2D eigenvalue weighted by molar-refractivity contribution is 0.414. The number of aryl methyl sites for hydroxylation is 1. The van der Waals surface area contributed by atoms with Crippen molar-refractivity contribution in [2.75, 3.05) is 30.9 Å². The van der Waals surface area contributed by atoms with Crippen molar-refractivity contribution in [3.8, 4) is 5.75 Å². The molecule has 1 aromatic heterocycles. The van der Waals surface area contributed by atoms with Crippen LogP contribution < -0.4 is 15.0 Å². The molecule has 5 nitrogen and oxygen atoms in total. The molecule has 20 heavy (non-hydrogen) atoms. The third-order valence-electron chi connectivity index (χ3n) is 3.07. The summed E-state index contributed by atoms with van der Waals surface area (Å²) < 4.78 is 5.47. The molecule has 0 aliphatic rings. The monoisotopic (exact) mass is 272 g/mol. The van der Waals surface area contributed by atoms with Gasteiger partial charge in [-0.15, -0.1) is 0 Å². The molecule has 0 atom stereocenters. The van der Waals surface area contributed by atoms with Gasteiger partial charge in [-0.3, -0.25) is 0 Å². The number of rotatable bonds is 5. The normalized spacial score (nSPS) is 10.2. The van der Waals surface area contributed by atoms with Crippen LogP contribution in [0, 0.1) is 6.92 Å². The highest BCUT2D eigenvalue weighted by atomic mass is 16.5. The van der Waals surface area contributed by atoms with Crippen molar-refractivity contribution in [3.05, 3.63) is 36.2 Å². The Morgan fingerprint density at radius 3 is 2.50 bits per heavy atom. The number of anilines is 3. The quantitative estimate of drug-likeness (QED) is 0.906. The van der Waals surface area contributed by atoms with Crippen LogP contribution in [-0.4, -0.2) is 30.7 Å². The predicted octanol–water partition coefficient (Wildman–Crippen LogP) is 2.99. The number of hydrogen-bond acceptors (Lipinski definition) is 5. The standard InChI is InChI=1S/C15H20N4O/c1-5-16-14-13(20-4)15(18-10-17-14)19(3)12-8-6-11(2)7-9-12/h6-10H,5H2,1-4H3,(H,16,17,18). The fourth-order valence-corrected chi connectivity index (χ4v) is 1.98. The van der Waals surface area contributed by atoms with E-state index in [9.17, 15) is 0 Å². The van der Waals surface area contributed by atoms with Crippen molar-refractivity contribution in [3.63, 3.8) is 0 Å². The van der Waals surface area contributed by atoms with Gasteiger partial charge < -0.3 is 15.0 Å². The van der Waals surface area contributed by atoms with Crippen LogP contribution in [-0.2, 0) is 0 Å². The second-order valence-electron chi connectivity index (χ2n) is 4.50. The molecule has 0 saturated carbocycles. The van der Waals surface area contributed by atoms with E-state index in [1.165, 1.54) is 5.56 Å². The van der Waals surface area contributed by atoms with E-state index in [-0.39, 0.29) is 0 Å². The summed E-state index contributed by atoms with van der Waals surface area (Å²) >= 11 is 0. The first-order valence-electron chi connectivity index (χ1n) is 6.60. The number of benzene rings is 1. The third kappa shape index (κ3) is 2.82. The Morgan fingerprint density at radius 1 is 1.20 bits per heavy atom. The largest absolute Gasteiger partial charge is 0.490 e. The maximum atomic E-state index is 5.47. The number of methoxy groups -OCH3 is 1. The van der Waals surface area contributed by atoms with Gasteiger partial charge in [-0.1, -0.05) is 17.7 Å². The maximum Gasteiger partial charge on any atom is 0.204 e. The Hall–Kier alpha value is -2.30. The summed E-state index contributed by atoms with van der Waals surface area (Å²) in [6.45, 7) is 4.87. The summed E-state index contributed by atoms with van der Waals surface area (Å²) in [4.78, 5) is 10.5. The van der Waals surface area contributed by atoms with E-state index in [0.717, 1.165) is 18.1 Å². The van der Waals surface area contributed by atoms with E-state index in [1.54, 1.807) is 13.4 Å². The molecule has 0 saturated heterocycles. The lowest BCUT2D eigenvalue weighted by Crippen LogP contribution is -2.14. The number of ether oxygens (including phenoxy) is 1. The van der Waals surface area contributed by atoms with Gasteiger partial charge in [0.15, 0.2) is 11.6 Å². The first-order chi connectivity index (χ1) is 9.67. The van der Waals surface area contributed by atoms with E-state index in [0.29, 0.717) is 11.6 Å². The molecule has 0 bridgehead atoms.